The van der Waals surface area contributed by atoms with E-state index in [1.54, 1.807) is 0 Å². The van der Waals surface area contributed by atoms with Crippen LogP contribution in [-0.2, 0) is 20.8 Å². The van der Waals surface area contributed by atoms with Crippen LogP contribution in [0.5, 0.6) is 0 Å². The van der Waals surface area contributed by atoms with Crippen molar-refractivity contribution in [3.63, 3.8) is 0 Å². The number of benzene rings is 2. The van der Waals surface area contributed by atoms with Crippen LogP contribution in [0.3, 0.4) is 0 Å². The molecule has 0 aliphatic heterocycles. The van der Waals surface area contributed by atoms with E-state index in [0.717, 1.165) is 43.3 Å². The quantitative estimate of drug-likeness (QED) is 0.387. The number of halogens is 5. The molecule has 0 fully saturated rings. The second kappa shape index (κ2) is 8.59. The number of sulfone groups is 1. The number of rotatable bonds is 6. The lowest BCUT2D eigenvalue weighted by molar-refractivity contribution is -0.137. The van der Waals surface area contributed by atoms with Crippen molar-refractivity contribution in [2.75, 3.05) is 11.1 Å². The largest absolute Gasteiger partial charge is 0.417 e. The lowest BCUT2D eigenvalue weighted by Crippen LogP contribution is -2.53. The fourth-order valence-electron chi connectivity index (χ4n) is 2.46. The molecule has 2 rings (SSSR count). The van der Waals surface area contributed by atoms with Gasteiger partial charge in [0, 0.05) is 5.69 Å². The molecule has 0 aliphatic rings. The van der Waals surface area contributed by atoms with E-state index in [0.29, 0.717) is 6.07 Å². The lowest BCUT2D eigenvalue weighted by atomic mass is 10.0. The van der Waals surface area contributed by atoms with Gasteiger partial charge < -0.3 is 5.32 Å². The van der Waals surface area contributed by atoms with Gasteiger partial charge in [0.15, 0.2) is 9.84 Å². The molecular formula is C18H14ClF4N3O3S. The molecule has 0 bridgehead atoms. The van der Waals surface area contributed by atoms with Crippen LogP contribution in [0.15, 0.2) is 47.4 Å². The summed E-state index contributed by atoms with van der Waals surface area (Å²) in [4.78, 5) is 14.4. The maximum absolute atomic E-state index is 13.1. The highest BCUT2D eigenvalue weighted by molar-refractivity contribution is 7.91. The van der Waals surface area contributed by atoms with Gasteiger partial charge in [0.25, 0.3) is 0 Å². The van der Waals surface area contributed by atoms with Crippen LogP contribution in [0.4, 0.5) is 23.2 Å². The summed E-state index contributed by atoms with van der Waals surface area (Å²) in [5.41, 5.74) is -4.18. The van der Waals surface area contributed by atoms with Gasteiger partial charge in [0.1, 0.15) is 11.4 Å². The summed E-state index contributed by atoms with van der Waals surface area (Å²) in [7, 11) is -4.12. The van der Waals surface area contributed by atoms with Crippen LogP contribution in [0, 0.1) is 17.1 Å². The highest BCUT2D eigenvalue weighted by Crippen LogP contribution is 2.33. The zero-order valence-corrected chi connectivity index (χ0v) is 16.8. The average Bonchev–Trinajstić information content (AvgIpc) is 2.67. The molecule has 0 aromatic heterocycles. The summed E-state index contributed by atoms with van der Waals surface area (Å²) in [6, 6.07) is 7.76. The summed E-state index contributed by atoms with van der Waals surface area (Å²) in [6.45, 7) is 1.13. The second-order valence-corrected chi connectivity index (χ2v) is 8.64. The number of carbonyl (C=O) groups is 1. The highest BCUT2D eigenvalue weighted by Gasteiger charge is 2.39. The van der Waals surface area contributed by atoms with Crippen molar-refractivity contribution >= 4 is 33.2 Å². The summed E-state index contributed by atoms with van der Waals surface area (Å²) in [5.74, 6) is -2.57. The number of amides is 1. The van der Waals surface area contributed by atoms with Crippen LogP contribution >= 0.6 is 11.8 Å². The summed E-state index contributed by atoms with van der Waals surface area (Å²) in [5, 5.41) is 11.0. The van der Waals surface area contributed by atoms with Gasteiger partial charge in [-0.2, -0.15) is 18.4 Å². The van der Waals surface area contributed by atoms with Gasteiger partial charge in [0.2, 0.25) is 5.91 Å². The van der Waals surface area contributed by atoms with Crippen LogP contribution in [0.25, 0.3) is 0 Å². The zero-order chi connectivity index (χ0) is 22.7. The van der Waals surface area contributed by atoms with E-state index in [1.807, 2.05) is 4.84 Å². The molecule has 160 valence electrons. The van der Waals surface area contributed by atoms with Crippen LogP contribution < -0.4 is 10.2 Å². The molecule has 30 heavy (non-hydrogen) atoms. The Kier molecular flexibility index (Phi) is 6.76. The zero-order valence-electron chi connectivity index (χ0n) is 15.2. The Labute approximate surface area is 174 Å². The topological polar surface area (TPSA) is 99.1 Å². The Morgan fingerprint density at radius 3 is 2.27 bits per heavy atom. The van der Waals surface area contributed by atoms with Crippen molar-refractivity contribution in [3.05, 3.63) is 59.4 Å². The monoisotopic (exact) mass is 463 g/mol. The molecule has 0 radical (unpaired) electrons. The first-order chi connectivity index (χ1) is 13.8. The van der Waals surface area contributed by atoms with Crippen molar-refractivity contribution < 1.29 is 30.8 Å². The minimum Gasteiger partial charge on any atom is -0.324 e. The molecule has 0 spiro atoms. The van der Waals surface area contributed by atoms with Gasteiger partial charge in [-0.05, 0) is 61.2 Å². The van der Waals surface area contributed by atoms with Gasteiger partial charge in [-0.25, -0.2) is 17.6 Å². The van der Waals surface area contributed by atoms with Crippen LogP contribution in [0.1, 0.15) is 18.1 Å². The lowest BCUT2D eigenvalue weighted by Gasteiger charge is -2.26. The molecule has 0 saturated carbocycles. The standard InChI is InChI=1S/C18H14ClF4N3O3S/c1-17(26-19,10-30(28,29)14-6-3-12(20)4-7-14)16(27)25-13-5-2-11(9-24)15(8-13)18(21,22)23/h2-8,26H,10H2,1H3,(H,25,27). The maximum Gasteiger partial charge on any atom is 0.417 e. The van der Waals surface area contributed by atoms with Gasteiger partial charge in [-0.15, -0.1) is 0 Å². The van der Waals surface area contributed by atoms with E-state index >= 15 is 0 Å². The molecule has 12 heteroatoms. The molecule has 1 atom stereocenters. The Bertz CT molecular complexity index is 1100. The summed E-state index contributed by atoms with van der Waals surface area (Å²) >= 11 is 5.58. The molecule has 0 saturated heterocycles. The van der Waals surface area contributed by atoms with Crippen molar-refractivity contribution in [2.24, 2.45) is 0 Å². The highest BCUT2D eigenvalue weighted by atomic mass is 35.5. The average molecular weight is 464 g/mol. The van der Waals surface area contributed by atoms with Gasteiger partial charge in [0.05, 0.1) is 27.8 Å². The van der Waals surface area contributed by atoms with E-state index in [9.17, 15) is 30.8 Å². The Balaban J connectivity index is 2.31. The van der Waals surface area contributed by atoms with Crippen LogP contribution in [0.2, 0.25) is 0 Å². The first kappa shape index (κ1) is 23.6. The van der Waals surface area contributed by atoms with E-state index in [1.165, 1.54) is 6.07 Å². The SMILES string of the molecule is CC(CS(=O)(=O)c1ccc(F)cc1)(NCl)C(=O)Nc1ccc(C#N)c(C(F)(F)F)c1. The molecule has 0 heterocycles. The third-order valence-electron chi connectivity index (χ3n) is 4.06. The molecule has 0 aliphatic carbocycles. The first-order valence-electron chi connectivity index (χ1n) is 8.11. The smallest absolute Gasteiger partial charge is 0.324 e. The van der Waals surface area contributed by atoms with Crippen molar-refractivity contribution in [1.29, 1.82) is 5.26 Å². The first-order valence-corrected chi connectivity index (χ1v) is 10.1. The molecule has 6 nitrogen and oxygen atoms in total. The minimum absolute atomic E-state index is 0.271. The van der Waals surface area contributed by atoms with Crippen molar-refractivity contribution in [3.8, 4) is 6.07 Å². The number of nitrogens with one attached hydrogen (secondary N) is 2. The maximum atomic E-state index is 13.1. The normalized spacial score (nSPS) is 13.9. The number of hydrogen-bond donors (Lipinski definition) is 2. The van der Waals surface area contributed by atoms with Crippen molar-refractivity contribution in [2.45, 2.75) is 23.5 Å². The van der Waals surface area contributed by atoms with Gasteiger partial charge >= 0.3 is 6.18 Å². The number of alkyl halides is 3. The molecule has 1 amide bonds. The summed E-state index contributed by atoms with van der Waals surface area (Å²) < 4.78 is 77.4. The number of nitriles is 1. The third-order valence-corrected chi connectivity index (χ3v) is 6.43. The van der Waals surface area contributed by atoms with E-state index < -0.39 is 50.2 Å². The number of anilines is 1. The van der Waals surface area contributed by atoms with E-state index in [2.05, 4.69) is 5.32 Å². The predicted molar refractivity (Wildman–Crippen MR) is 101 cm³/mol. The van der Waals surface area contributed by atoms with Gasteiger partial charge in [-0.1, -0.05) is 0 Å². The number of carbonyl (C=O) groups excluding carboxylic acids is 1. The van der Waals surface area contributed by atoms with Crippen LogP contribution in [-0.4, -0.2) is 25.6 Å². The number of hydrogen-bond acceptors (Lipinski definition) is 5. The van der Waals surface area contributed by atoms with E-state index in [-0.39, 0.29) is 10.6 Å². The Hall–Kier alpha value is -2.68. The number of nitrogens with zero attached hydrogens (tertiary/aromatic N) is 1. The fraction of sp³-hybridized carbons (Fsp3) is 0.222. The van der Waals surface area contributed by atoms with Crippen molar-refractivity contribution in [1.82, 2.24) is 4.84 Å². The molecule has 2 aromatic carbocycles. The Morgan fingerprint density at radius 2 is 1.77 bits per heavy atom. The molecule has 2 N–H and O–H groups in total. The summed E-state index contributed by atoms with van der Waals surface area (Å²) in [6.07, 6.45) is -4.84. The fourth-order valence-corrected chi connectivity index (χ4v) is 4.38. The third kappa shape index (κ3) is 5.27. The van der Waals surface area contributed by atoms with Gasteiger partial charge in [-0.3, -0.25) is 4.79 Å². The molecular weight excluding hydrogens is 450 g/mol. The molecule has 2 aromatic rings. The van der Waals surface area contributed by atoms with E-state index in [4.69, 9.17) is 17.0 Å². The minimum atomic E-state index is -4.84. The second-order valence-electron chi connectivity index (χ2n) is 6.46. The molecule has 1 unspecified atom stereocenters. The predicted octanol–water partition coefficient (Wildman–Crippen LogP) is 3.63. The Morgan fingerprint density at radius 1 is 1.17 bits per heavy atom.